The number of aryl methyl sites for hydroxylation is 2. The number of amides is 2. The van der Waals surface area contributed by atoms with Gasteiger partial charge in [-0.15, -0.1) is 5.10 Å². The summed E-state index contributed by atoms with van der Waals surface area (Å²) in [4.78, 5) is 29.5. The lowest BCUT2D eigenvalue weighted by molar-refractivity contribution is -0.118. The van der Waals surface area contributed by atoms with E-state index in [0.717, 1.165) is 31.2 Å². The molecule has 154 valence electrons. The Hall–Kier alpha value is -2.84. The molecule has 9 heteroatoms. The first kappa shape index (κ1) is 19.5. The highest BCUT2D eigenvalue weighted by atomic mass is 19.1. The van der Waals surface area contributed by atoms with Gasteiger partial charge in [0.25, 0.3) is 5.91 Å². The smallest absolute Gasteiger partial charge is 0.291 e. The molecule has 2 amide bonds. The van der Waals surface area contributed by atoms with Crippen LogP contribution in [0.2, 0.25) is 0 Å². The number of hydrogen-bond acceptors (Lipinski definition) is 4. The second-order valence-electron chi connectivity index (χ2n) is 7.98. The molecule has 3 heterocycles. The van der Waals surface area contributed by atoms with Crippen LogP contribution in [0.3, 0.4) is 0 Å². The standard InChI is InChI=1S/C20H23F2N5O2/c1-10(2)15-4-3-5-16-24-18(26-27(15)16)20(29)23-14-7-6-11-8-12(21)9-13(22)17(11)25-19(14)28/h8-10,14-15H,3-7H2,1-2H3,(H,23,29)(H,25,28)/t14-,15+/m0/s1. The summed E-state index contributed by atoms with van der Waals surface area (Å²) in [7, 11) is 0. The van der Waals surface area contributed by atoms with Crippen LogP contribution in [-0.2, 0) is 17.6 Å². The largest absolute Gasteiger partial charge is 0.337 e. The first-order valence-corrected chi connectivity index (χ1v) is 9.88. The van der Waals surface area contributed by atoms with Gasteiger partial charge < -0.3 is 10.6 Å². The molecule has 2 aliphatic heterocycles. The summed E-state index contributed by atoms with van der Waals surface area (Å²) in [5.74, 6) is -1.46. The van der Waals surface area contributed by atoms with Crippen molar-refractivity contribution in [2.24, 2.45) is 5.92 Å². The Labute approximate surface area is 166 Å². The molecule has 2 atom stereocenters. The van der Waals surface area contributed by atoms with E-state index < -0.39 is 29.5 Å². The maximum atomic E-state index is 14.0. The van der Waals surface area contributed by atoms with Gasteiger partial charge in [0.2, 0.25) is 11.7 Å². The number of carbonyl (C=O) groups excluding carboxylic acids is 2. The van der Waals surface area contributed by atoms with Crippen molar-refractivity contribution in [2.75, 3.05) is 5.32 Å². The summed E-state index contributed by atoms with van der Waals surface area (Å²) in [5.41, 5.74) is 0.325. The third kappa shape index (κ3) is 3.73. The van der Waals surface area contributed by atoms with Gasteiger partial charge in [-0.25, -0.2) is 18.4 Å². The van der Waals surface area contributed by atoms with Gasteiger partial charge in [0.15, 0.2) is 0 Å². The van der Waals surface area contributed by atoms with E-state index in [2.05, 4.69) is 34.6 Å². The van der Waals surface area contributed by atoms with Crippen LogP contribution in [0.1, 0.15) is 61.2 Å². The van der Waals surface area contributed by atoms with Crippen LogP contribution < -0.4 is 10.6 Å². The summed E-state index contributed by atoms with van der Waals surface area (Å²) in [6.45, 7) is 4.22. The molecule has 0 spiro atoms. The topological polar surface area (TPSA) is 88.9 Å². The Morgan fingerprint density at radius 3 is 2.83 bits per heavy atom. The molecule has 0 fully saturated rings. The highest BCUT2D eigenvalue weighted by Gasteiger charge is 2.31. The zero-order valence-electron chi connectivity index (χ0n) is 16.3. The lowest BCUT2D eigenvalue weighted by atomic mass is 9.95. The lowest BCUT2D eigenvalue weighted by Gasteiger charge is -2.26. The average Bonchev–Trinajstić information content (AvgIpc) is 3.04. The first-order chi connectivity index (χ1) is 13.8. The van der Waals surface area contributed by atoms with Gasteiger partial charge in [-0.05, 0) is 43.2 Å². The zero-order valence-corrected chi connectivity index (χ0v) is 16.3. The number of carbonyl (C=O) groups is 2. The monoisotopic (exact) mass is 403 g/mol. The van der Waals surface area contributed by atoms with Gasteiger partial charge in [0.1, 0.15) is 23.5 Å². The third-order valence-electron chi connectivity index (χ3n) is 5.60. The van der Waals surface area contributed by atoms with Crippen LogP contribution in [0.4, 0.5) is 14.5 Å². The van der Waals surface area contributed by atoms with Gasteiger partial charge in [-0.3, -0.25) is 9.59 Å². The second kappa shape index (κ2) is 7.53. The van der Waals surface area contributed by atoms with Gasteiger partial charge >= 0.3 is 0 Å². The normalized spacial score (nSPS) is 21.2. The summed E-state index contributed by atoms with van der Waals surface area (Å²) >= 11 is 0. The SMILES string of the molecule is CC(C)[C@H]1CCCc2nc(C(=O)N[C@H]3CCc4cc(F)cc(F)c4NC3=O)nn21. The molecule has 0 aliphatic carbocycles. The van der Waals surface area contributed by atoms with Crippen LogP contribution in [-0.4, -0.2) is 32.6 Å². The third-order valence-corrected chi connectivity index (χ3v) is 5.60. The minimum Gasteiger partial charge on any atom is -0.337 e. The van der Waals surface area contributed by atoms with Gasteiger partial charge in [-0.1, -0.05) is 13.8 Å². The Balaban J connectivity index is 1.51. The molecule has 0 saturated carbocycles. The molecule has 0 unspecified atom stereocenters. The fourth-order valence-corrected chi connectivity index (χ4v) is 4.06. The van der Waals surface area contributed by atoms with Crippen LogP contribution in [0.15, 0.2) is 12.1 Å². The predicted octanol–water partition coefficient (Wildman–Crippen LogP) is 2.77. The minimum absolute atomic E-state index is 0.0272. The quantitative estimate of drug-likeness (QED) is 0.825. The molecule has 29 heavy (non-hydrogen) atoms. The predicted molar refractivity (Wildman–Crippen MR) is 101 cm³/mol. The summed E-state index contributed by atoms with van der Waals surface area (Å²) in [5, 5.41) is 9.48. The summed E-state index contributed by atoms with van der Waals surface area (Å²) < 4.78 is 29.3. The Morgan fingerprint density at radius 2 is 2.07 bits per heavy atom. The number of fused-ring (bicyclic) bond motifs is 2. The average molecular weight is 403 g/mol. The zero-order chi connectivity index (χ0) is 20.7. The molecule has 4 rings (SSSR count). The van der Waals surface area contributed by atoms with E-state index in [9.17, 15) is 18.4 Å². The highest BCUT2D eigenvalue weighted by molar-refractivity contribution is 6.00. The Morgan fingerprint density at radius 1 is 1.28 bits per heavy atom. The number of nitrogens with one attached hydrogen (secondary N) is 2. The fourth-order valence-electron chi connectivity index (χ4n) is 4.06. The first-order valence-electron chi connectivity index (χ1n) is 9.88. The number of benzene rings is 1. The lowest BCUT2D eigenvalue weighted by Crippen LogP contribution is -2.43. The Bertz CT molecular complexity index is 972. The van der Waals surface area contributed by atoms with E-state index in [1.54, 1.807) is 0 Å². The van der Waals surface area contributed by atoms with Crippen LogP contribution in [0.5, 0.6) is 0 Å². The van der Waals surface area contributed by atoms with E-state index >= 15 is 0 Å². The number of anilines is 1. The molecule has 0 bridgehead atoms. The molecule has 0 radical (unpaired) electrons. The molecule has 2 N–H and O–H groups in total. The molecule has 0 saturated heterocycles. The summed E-state index contributed by atoms with van der Waals surface area (Å²) in [6.07, 6.45) is 3.20. The van der Waals surface area contributed by atoms with Crippen LogP contribution >= 0.6 is 0 Å². The molecule has 2 aromatic rings. The molecule has 7 nitrogen and oxygen atoms in total. The maximum Gasteiger partial charge on any atom is 0.291 e. The van der Waals surface area contributed by atoms with Crippen LogP contribution in [0, 0.1) is 17.6 Å². The maximum absolute atomic E-state index is 14.0. The van der Waals surface area contributed by atoms with E-state index in [1.165, 1.54) is 6.07 Å². The number of hydrogen-bond donors (Lipinski definition) is 2. The van der Waals surface area contributed by atoms with Gasteiger partial charge in [0, 0.05) is 12.5 Å². The van der Waals surface area contributed by atoms with Crippen molar-refractivity contribution >= 4 is 17.5 Å². The second-order valence-corrected chi connectivity index (χ2v) is 7.98. The summed E-state index contributed by atoms with van der Waals surface area (Å²) in [6, 6.07) is 1.22. The molecule has 1 aromatic carbocycles. The number of rotatable bonds is 3. The van der Waals surface area contributed by atoms with Crippen molar-refractivity contribution in [1.29, 1.82) is 0 Å². The van der Waals surface area contributed by atoms with E-state index in [-0.39, 0.29) is 30.4 Å². The van der Waals surface area contributed by atoms with Crippen molar-refractivity contribution in [1.82, 2.24) is 20.1 Å². The minimum atomic E-state index is -0.890. The molecule has 2 aliphatic rings. The fraction of sp³-hybridized carbons (Fsp3) is 0.500. The van der Waals surface area contributed by atoms with Gasteiger partial charge in [-0.2, -0.15) is 0 Å². The Kier molecular flexibility index (Phi) is 5.06. The van der Waals surface area contributed by atoms with Crippen molar-refractivity contribution < 1.29 is 18.4 Å². The number of nitrogens with zero attached hydrogens (tertiary/aromatic N) is 3. The van der Waals surface area contributed by atoms with Crippen molar-refractivity contribution in [3.8, 4) is 0 Å². The molecular weight excluding hydrogens is 380 g/mol. The number of halogens is 2. The highest BCUT2D eigenvalue weighted by Crippen LogP contribution is 2.29. The number of aromatic nitrogens is 3. The van der Waals surface area contributed by atoms with Crippen molar-refractivity contribution in [2.45, 2.75) is 58.0 Å². The van der Waals surface area contributed by atoms with E-state index in [0.29, 0.717) is 11.5 Å². The van der Waals surface area contributed by atoms with Crippen molar-refractivity contribution in [3.05, 3.63) is 41.0 Å². The van der Waals surface area contributed by atoms with Gasteiger partial charge in [0.05, 0.1) is 11.7 Å². The van der Waals surface area contributed by atoms with E-state index in [4.69, 9.17) is 0 Å². The molecule has 1 aromatic heterocycles. The van der Waals surface area contributed by atoms with Crippen LogP contribution in [0.25, 0.3) is 0 Å². The molecular formula is C20H23F2N5O2. The van der Waals surface area contributed by atoms with Crippen molar-refractivity contribution in [3.63, 3.8) is 0 Å². The van der Waals surface area contributed by atoms with E-state index in [1.807, 2.05) is 4.68 Å².